The van der Waals surface area contributed by atoms with Crippen molar-refractivity contribution in [2.75, 3.05) is 16.3 Å². The molecular weight excluding hydrogens is 579 g/mol. The Hall–Kier alpha value is -4.10. The lowest BCUT2D eigenvalue weighted by molar-refractivity contribution is -0.147. The number of imide groups is 1. The van der Waals surface area contributed by atoms with Crippen molar-refractivity contribution < 1.29 is 22.8 Å². The van der Waals surface area contributed by atoms with E-state index in [0.29, 0.717) is 33.7 Å². The van der Waals surface area contributed by atoms with Crippen LogP contribution in [0.5, 0.6) is 0 Å². The van der Waals surface area contributed by atoms with E-state index in [4.69, 9.17) is 11.6 Å². The van der Waals surface area contributed by atoms with Crippen LogP contribution in [0.15, 0.2) is 60.9 Å². The molecule has 3 aliphatic heterocycles. The van der Waals surface area contributed by atoms with Gasteiger partial charge in [0.1, 0.15) is 5.25 Å². The number of rotatable bonds is 3. The maximum Gasteiger partial charge on any atom is 0.451 e. The molecule has 0 aliphatic carbocycles. The number of hydrogen-bond acceptors (Lipinski definition) is 7. The number of anilines is 2. The van der Waals surface area contributed by atoms with Crippen LogP contribution >= 0.6 is 23.4 Å². The summed E-state index contributed by atoms with van der Waals surface area (Å²) in [7, 11) is 0. The molecule has 0 bridgehead atoms. The van der Waals surface area contributed by atoms with Crippen molar-refractivity contribution in [2.24, 2.45) is 0 Å². The number of halogens is 4. The van der Waals surface area contributed by atoms with Gasteiger partial charge in [-0.2, -0.15) is 13.2 Å². The van der Waals surface area contributed by atoms with E-state index >= 15 is 0 Å². The zero-order chi connectivity index (χ0) is 28.5. The SMILES string of the molecule is O=C1NC2C=C(c3ccccc3Cl)SC2C(=O)N1c1cncc2ccc(N3CCn4c(nnc4C(F)(F)F)C3)cc12. The molecule has 0 radical (unpaired) electrons. The number of nitrogens with zero attached hydrogens (tertiary/aromatic N) is 6. The fourth-order valence-corrected chi connectivity index (χ4v) is 6.99. The molecular formula is C27H19ClF3N7O2S. The van der Waals surface area contributed by atoms with E-state index < -0.39 is 29.3 Å². The van der Waals surface area contributed by atoms with Crippen LogP contribution < -0.4 is 15.1 Å². The number of nitrogens with one attached hydrogen (secondary N) is 1. The van der Waals surface area contributed by atoms with Gasteiger partial charge in [-0.05, 0) is 24.3 Å². The van der Waals surface area contributed by atoms with Crippen LogP contribution in [-0.2, 0) is 24.1 Å². The minimum Gasteiger partial charge on any atom is -0.362 e. The number of urea groups is 1. The van der Waals surface area contributed by atoms with Crippen molar-refractivity contribution in [1.29, 1.82) is 0 Å². The predicted octanol–water partition coefficient (Wildman–Crippen LogP) is 5.10. The van der Waals surface area contributed by atoms with Gasteiger partial charge in [-0.3, -0.25) is 9.78 Å². The molecule has 5 heterocycles. The fraction of sp³-hybridized carbons (Fsp3) is 0.222. The number of fused-ring (bicyclic) bond motifs is 3. The van der Waals surface area contributed by atoms with Gasteiger partial charge in [0.2, 0.25) is 5.82 Å². The quantitative estimate of drug-likeness (QED) is 0.351. The Morgan fingerprint density at radius 3 is 2.68 bits per heavy atom. The summed E-state index contributed by atoms with van der Waals surface area (Å²) in [5.74, 6) is -1.19. The number of aromatic nitrogens is 4. The monoisotopic (exact) mass is 597 g/mol. The van der Waals surface area contributed by atoms with Gasteiger partial charge in [0.25, 0.3) is 5.91 Å². The second kappa shape index (κ2) is 9.48. The Kier molecular flexibility index (Phi) is 5.98. The molecule has 1 saturated heterocycles. The van der Waals surface area contributed by atoms with Crippen LogP contribution in [0.4, 0.5) is 29.3 Å². The molecule has 0 spiro atoms. The number of pyridine rings is 1. The summed E-state index contributed by atoms with van der Waals surface area (Å²) in [6, 6.07) is 11.7. The van der Waals surface area contributed by atoms with Crippen LogP contribution in [0.1, 0.15) is 17.2 Å². The topological polar surface area (TPSA) is 96.2 Å². The normalized spacial score (nSPS) is 20.6. The van der Waals surface area contributed by atoms with Crippen molar-refractivity contribution in [1.82, 2.24) is 25.1 Å². The summed E-state index contributed by atoms with van der Waals surface area (Å²) in [5.41, 5.74) is 1.81. The van der Waals surface area contributed by atoms with E-state index in [-0.39, 0.29) is 24.8 Å². The van der Waals surface area contributed by atoms with Crippen molar-refractivity contribution in [2.45, 2.75) is 30.6 Å². The highest BCUT2D eigenvalue weighted by Crippen LogP contribution is 2.45. The van der Waals surface area contributed by atoms with E-state index in [1.807, 2.05) is 41.3 Å². The Labute approximate surface area is 240 Å². The molecule has 9 nitrogen and oxygen atoms in total. The highest BCUT2D eigenvalue weighted by Gasteiger charge is 2.46. The number of carbonyl (C=O) groups is 2. The van der Waals surface area contributed by atoms with Crippen LogP contribution in [0.3, 0.4) is 0 Å². The van der Waals surface area contributed by atoms with Gasteiger partial charge in [0.15, 0.2) is 5.82 Å². The summed E-state index contributed by atoms with van der Waals surface area (Å²) >= 11 is 7.72. The third-order valence-electron chi connectivity index (χ3n) is 7.34. The van der Waals surface area contributed by atoms with E-state index in [9.17, 15) is 22.8 Å². The van der Waals surface area contributed by atoms with Gasteiger partial charge in [-0.15, -0.1) is 22.0 Å². The lowest BCUT2D eigenvalue weighted by Crippen LogP contribution is -2.60. The summed E-state index contributed by atoms with van der Waals surface area (Å²) in [6.45, 7) is 0.474. The van der Waals surface area contributed by atoms with E-state index in [1.165, 1.54) is 18.0 Å². The largest absolute Gasteiger partial charge is 0.451 e. The Morgan fingerprint density at radius 1 is 1.05 bits per heavy atom. The first kappa shape index (κ1) is 25.8. The van der Waals surface area contributed by atoms with Crippen molar-refractivity contribution in [3.05, 3.63) is 83.2 Å². The molecule has 41 heavy (non-hydrogen) atoms. The maximum atomic E-state index is 13.8. The van der Waals surface area contributed by atoms with Gasteiger partial charge in [0.05, 0.1) is 24.5 Å². The van der Waals surface area contributed by atoms with Crippen LogP contribution in [-0.4, -0.2) is 49.5 Å². The molecule has 2 atom stereocenters. The van der Waals surface area contributed by atoms with Gasteiger partial charge < -0.3 is 14.8 Å². The van der Waals surface area contributed by atoms with Gasteiger partial charge >= 0.3 is 12.2 Å². The summed E-state index contributed by atoms with van der Waals surface area (Å²) in [5, 5.41) is 11.3. The lowest BCUT2D eigenvalue weighted by atomic mass is 10.1. The van der Waals surface area contributed by atoms with Gasteiger partial charge in [-0.25, -0.2) is 9.69 Å². The number of hydrogen-bond donors (Lipinski definition) is 1. The van der Waals surface area contributed by atoms with Crippen molar-refractivity contribution in [3.8, 4) is 0 Å². The standard InChI is InChI=1S/C27H19ClF3N7O2S/c28-18-4-2-1-3-16(18)21-10-19-23(41-21)24(39)38(26(40)33-19)20-12-32-11-14-5-6-15(9-17(14)20)36-7-8-37-22(13-36)34-35-25(37)27(29,30)31/h1-6,9-12,19,23H,7-8,13H2,(H,33,40). The summed E-state index contributed by atoms with van der Waals surface area (Å²) in [4.78, 5) is 35.1. The smallest absolute Gasteiger partial charge is 0.362 e. The molecule has 1 N–H and O–H groups in total. The molecule has 3 aliphatic rings. The molecule has 2 unspecified atom stereocenters. The zero-order valence-electron chi connectivity index (χ0n) is 21.0. The van der Waals surface area contributed by atoms with Gasteiger partial charge in [-0.1, -0.05) is 35.9 Å². The molecule has 2 aromatic heterocycles. The third kappa shape index (κ3) is 4.30. The first-order chi connectivity index (χ1) is 19.7. The highest BCUT2D eigenvalue weighted by atomic mass is 35.5. The molecule has 3 amide bonds. The Morgan fingerprint density at radius 2 is 1.88 bits per heavy atom. The number of thioether (sulfide) groups is 1. The molecule has 14 heteroatoms. The predicted molar refractivity (Wildman–Crippen MR) is 148 cm³/mol. The second-order valence-corrected chi connectivity index (χ2v) is 11.4. The van der Waals surface area contributed by atoms with Crippen LogP contribution in [0.2, 0.25) is 5.02 Å². The minimum atomic E-state index is -4.58. The highest BCUT2D eigenvalue weighted by molar-refractivity contribution is 8.09. The number of carbonyl (C=O) groups excluding carboxylic acids is 2. The maximum absolute atomic E-state index is 13.8. The zero-order valence-corrected chi connectivity index (χ0v) is 22.5. The molecule has 2 aromatic carbocycles. The Balaban J connectivity index is 1.20. The van der Waals surface area contributed by atoms with Crippen LogP contribution in [0, 0.1) is 0 Å². The molecule has 208 valence electrons. The fourth-order valence-electron chi connectivity index (χ4n) is 5.40. The molecule has 7 rings (SSSR count). The van der Waals surface area contributed by atoms with Crippen molar-refractivity contribution >= 4 is 62.4 Å². The molecule has 0 saturated carbocycles. The molecule has 4 aromatic rings. The Bertz CT molecular complexity index is 1780. The van der Waals surface area contributed by atoms with E-state index in [0.717, 1.165) is 19.9 Å². The average molecular weight is 598 g/mol. The van der Waals surface area contributed by atoms with Crippen molar-refractivity contribution in [3.63, 3.8) is 0 Å². The summed E-state index contributed by atoms with van der Waals surface area (Å²) < 4.78 is 40.9. The first-order valence-corrected chi connectivity index (χ1v) is 13.8. The summed E-state index contributed by atoms with van der Waals surface area (Å²) in [6.07, 6.45) is 0.360. The van der Waals surface area contributed by atoms with Crippen LogP contribution in [0.25, 0.3) is 15.7 Å². The second-order valence-electron chi connectivity index (χ2n) is 9.77. The number of amides is 3. The molecule has 1 fully saturated rings. The third-order valence-corrected chi connectivity index (χ3v) is 9.03. The lowest BCUT2D eigenvalue weighted by Gasteiger charge is -2.34. The minimum absolute atomic E-state index is 0.0620. The van der Waals surface area contributed by atoms with E-state index in [1.54, 1.807) is 18.3 Å². The average Bonchev–Trinajstić information content (AvgIpc) is 3.57. The van der Waals surface area contributed by atoms with E-state index in [2.05, 4.69) is 20.5 Å². The number of benzene rings is 2. The number of alkyl halides is 3. The van der Waals surface area contributed by atoms with Gasteiger partial charge in [0, 0.05) is 51.2 Å². The first-order valence-electron chi connectivity index (χ1n) is 12.6.